The Balaban J connectivity index is 1.45. The fraction of sp³-hybridized carbons (Fsp3) is 0.526. The second-order valence-electron chi connectivity index (χ2n) is 8.05. The fourth-order valence-corrected chi connectivity index (χ4v) is 5.27. The van der Waals surface area contributed by atoms with E-state index in [-0.39, 0.29) is 17.8 Å². The van der Waals surface area contributed by atoms with Crippen LogP contribution in [0.15, 0.2) is 18.6 Å². The zero-order valence-electron chi connectivity index (χ0n) is 17.6. The minimum absolute atomic E-state index is 0.155. The average molecular weight is 479 g/mol. The van der Waals surface area contributed by atoms with Crippen LogP contribution in [0.1, 0.15) is 49.9 Å². The van der Waals surface area contributed by atoms with Gasteiger partial charge >= 0.3 is 0 Å². The molecule has 11 nitrogen and oxygen atoms in total. The Morgan fingerprint density at radius 3 is 2.66 bits per heavy atom. The summed E-state index contributed by atoms with van der Waals surface area (Å²) >= 11 is 5.85. The van der Waals surface area contributed by atoms with Crippen LogP contribution in [-0.4, -0.2) is 55.3 Å². The van der Waals surface area contributed by atoms with Gasteiger partial charge in [0.1, 0.15) is 11.4 Å². The van der Waals surface area contributed by atoms with Crippen molar-refractivity contribution < 1.29 is 13.2 Å². The van der Waals surface area contributed by atoms with Gasteiger partial charge in [-0.05, 0) is 32.6 Å². The maximum atomic E-state index is 13.2. The van der Waals surface area contributed by atoms with Gasteiger partial charge in [0.25, 0.3) is 0 Å². The van der Waals surface area contributed by atoms with Crippen LogP contribution in [0.3, 0.4) is 0 Å². The molecule has 1 fully saturated rings. The van der Waals surface area contributed by atoms with Gasteiger partial charge in [0.2, 0.25) is 16.0 Å². The van der Waals surface area contributed by atoms with Crippen LogP contribution in [0.2, 0.25) is 5.02 Å². The van der Waals surface area contributed by atoms with E-state index in [1.807, 2.05) is 9.25 Å². The molecule has 2 atom stereocenters. The summed E-state index contributed by atoms with van der Waals surface area (Å²) < 4.78 is 38.4. The smallest absolute Gasteiger partial charge is 0.240 e. The van der Waals surface area contributed by atoms with Gasteiger partial charge in [0.05, 0.1) is 16.8 Å². The number of sulfonamides is 1. The van der Waals surface area contributed by atoms with Crippen molar-refractivity contribution in [2.45, 2.75) is 56.5 Å². The lowest BCUT2D eigenvalue weighted by molar-refractivity contribution is 0.0950. The van der Waals surface area contributed by atoms with Gasteiger partial charge in [0, 0.05) is 37.8 Å². The number of nitrogens with one attached hydrogen (secondary N) is 1. The van der Waals surface area contributed by atoms with Crippen molar-refractivity contribution >= 4 is 27.6 Å². The zero-order valence-corrected chi connectivity index (χ0v) is 19.2. The summed E-state index contributed by atoms with van der Waals surface area (Å²) in [7, 11) is -2.49. The second kappa shape index (κ2) is 8.09. The molecule has 3 aromatic heterocycles. The van der Waals surface area contributed by atoms with Crippen LogP contribution >= 0.6 is 11.6 Å². The molecular formula is C19H23ClN8O3S. The van der Waals surface area contributed by atoms with E-state index in [9.17, 15) is 8.42 Å². The Morgan fingerprint density at radius 2 is 1.97 bits per heavy atom. The minimum atomic E-state index is -3.91. The largest absolute Gasteiger partial charge is 0.372 e. The first kappa shape index (κ1) is 21.3. The number of methoxy groups -OCH3 is 1. The molecule has 1 N–H and O–H groups in total. The SMILES string of the molecule is COC(c1ncc(Cl)cn1)C(C)S(=O)(=O)Nc1nnc(-c2cnn3c2CCC3)n1C1CC1. The van der Waals surface area contributed by atoms with E-state index in [1.165, 1.54) is 26.4 Å². The van der Waals surface area contributed by atoms with Gasteiger partial charge in [-0.3, -0.25) is 14.0 Å². The molecule has 0 amide bonds. The molecule has 5 rings (SSSR count). The minimum Gasteiger partial charge on any atom is -0.372 e. The maximum Gasteiger partial charge on any atom is 0.240 e. The standard InChI is InChI=1S/C19H23ClN8O3S/c1-11(16(31-2)17-21-8-12(20)9-22-17)32(29,30)26-19-25-24-18(28(19)13-5-6-13)14-10-23-27-7-3-4-15(14)27/h8-11,13,16H,3-7H2,1-2H3,(H,25,26). The van der Waals surface area contributed by atoms with Gasteiger partial charge in [-0.1, -0.05) is 11.6 Å². The lowest BCUT2D eigenvalue weighted by Crippen LogP contribution is -2.33. The van der Waals surface area contributed by atoms with Gasteiger partial charge < -0.3 is 4.74 Å². The summed E-state index contributed by atoms with van der Waals surface area (Å²) in [4.78, 5) is 8.23. The summed E-state index contributed by atoms with van der Waals surface area (Å²) in [6.45, 7) is 2.42. The van der Waals surface area contributed by atoms with Crippen molar-refractivity contribution in [3.63, 3.8) is 0 Å². The van der Waals surface area contributed by atoms with Crippen LogP contribution in [0.5, 0.6) is 0 Å². The number of aromatic nitrogens is 7. The van der Waals surface area contributed by atoms with Gasteiger partial charge in [-0.25, -0.2) is 18.4 Å². The highest BCUT2D eigenvalue weighted by Crippen LogP contribution is 2.41. The molecule has 32 heavy (non-hydrogen) atoms. The number of aryl methyl sites for hydroxylation is 1. The third kappa shape index (κ3) is 3.76. The third-order valence-electron chi connectivity index (χ3n) is 5.88. The van der Waals surface area contributed by atoms with E-state index in [1.54, 1.807) is 6.20 Å². The Hall–Kier alpha value is -2.57. The average Bonchev–Trinajstić information content (AvgIpc) is 3.17. The van der Waals surface area contributed by atoms with E-state index in [4.69, 9.17) is 16.3 Å². The molecule has 0 saturated heterocycles. The molecule has 0 spiro atoms. The highest BCUT2D eigenvalue weighted by Gasteiger charge is 2.37. The number of rotatable bonds is 8. The molecule has 13 heteroatoms. The summed E-state index contributed by atoms with van der Waals surface area (Å²) in [5.74, 6) is 1.07. The van der Waals surface area contributed by atoms with Gasteiger partial charge in [-0.2, -0.15) is 5.10 Å². The van der Waals surface area contributed by atoms with E-state index in [2.05, 4.69) is 30.0 Å². The van der Waals surface area contributed by atoms with Crippen LogP contribution < -0.4 is 4.72 Å². The number of ether oxygens (including phenoxy) is 1. The number of halogens is 1. The molecule has 1 saturated carbocycles. The maximum absolute atomic E-state index is 13.2. The Kier molecular flexibility index (Phi) is 5.38. The lowest BCUT2D eigenvalue weighted by Gasteiger charge is -2.22. The Bertz CT molecular complexity index is 1240. The van der Waals surface area contributed by atoms with E-state index < -0.39 is 21.4 Å². The van der Waals surface area contributed by atoms with Gasteiger partial charge in [0.15, 0.2) is 11.6 Å². The molecule has 170 valence electrons. The quantitative estimate of drug-likeness (QED) is 0.522. The molecule has 2 unspecified atom stereocenters. The van der Waals surface area contributed by atoms with Crippen molar-refractivity contribution in [3.8, 4) is 11.4 Å². The highest BCUT2D eigenvalue weighted by molar-refractivity contribution is 7.93. The van der Waals surface area contributed by atoms with Crippen LogP contribution in [-0.2, 0) is 27.7 Å². The summed E-state index contributed by atoms with van der Waals surface area (Å²) in [6.07, 6.45) is 7.55. The summed E-state index contributed by atoms with van der Waals surface area (Å²) in [5.41, 5.74) is 2.02. The molecule has 1 aliphatic heterocycles. The fourth-order valence-electron chi connectivity index (χ4n) is 4.03. The van der Waals surface area contributed by atoms with Crippen LogP contribution in [0.25, 0.3) is 11.4 Å². The molecule has 0 bridgehead atoms. The predicted octanol–water partition coefficient (Wildman–Crippen LogP) is 2.38. The summed E-state index contributed by atoms with van der Waals surface area (Å²) in [6, 6.07) is 0.155. The molecule has 4 heterocycles. The van der Waals surface area contributed by atoms with Crippen molar-refractivity contribution in [2.24, 2.45) is 0 Å². The van der Waals surface area contributed by atoms with E-state index in [0.717, 1.165) is 43.5 Å². The third-order valence-corrected chi connectivity index (χ3v) is 7.77. The molecule has 0 radical (unpaired) electrons. The molecular weight excluding hydrogens is 456 g/mol. The molecule has 1 aliphatic carbocycles. The van der Waals surface area contributed by atoms with Crippen molar-refractivity contribution in [2.75, 3.05) is 11.8 Å². The molecule has 3 aromatic rings. The van der Waals surface area contributed by atoms with E-state index in [0.29, 0.717) is 10.8 Å². The Labute approximate surface area is 190 Å². The van der Waals surface area contributed by atoms with Crippen molar-refractivity contribution in [1.82, 2.24) is 34.5 Å². The number of hydrogen-bond donors (Lipinski definition) is 1. The molecule has 2 aliphatic rings. The number of nitrogens with zero attached hydrogens (tertiary/aromatic N) is 7. The van der Waals surface area contributed by atoms with Gasteiger partial charge in [-0.15, -0.1) is 10.2 Å². The predicted molar refractivity (Wildman–Crippen MR) is 117 cm³/mol. The monoisotopic (exact) mass is 478 g/mol. The zero-order chi connectivity index (χ0) is 22.5. The number of hydrogen-bond acceptors (Lipinski definition) is 8. The van der Waals surface area contributed by atoms with Crippen LogP contribution in [0, 0.1) is 0 Å². The normalized spacial score (nSPS) is 17.8. The van der Waals surface area contributed by atoms with E-state index >= 15 is 0 Å². The first-order valence-electron chi connectivity index (χ1n) is 10.4. The second-order valence-corrected chi connectivity index (χ2v) is 10.5. The molecule has 0 aromatic carbocycles. The lowest BCUT2D eigenvalue weighted by atomic mass is 10.2. The number of anilines is 1. The van der Waals surface area contributed by atoms with Crippen LogP contribution in [0.4, 0.5) is 5.95 Å². The summed E-state index contributed by atoms with van der Waals surface area (Å²) in [5, 5.41) is 12.3. The van der Waals surface area contributed by atoms with Crippen molar-refractivity contribution in [1.29, 1.82) is 0 Å². The van der Waals surface area contributed by atoms with Crippen molar-refractivity contribution in [3.05, 3.63) is 35.1 Å². The first-order chi connectivity index (χ1) is 15.4. The first-order valence-corrected chi connectivity index (χ1v) is 12.3. The topological polar surface area (TPSA) is 130 Å². The highest BCUT2D eigenvalue weighted by atomic mass is 35.5. The number of fused-ring (bicyclic) bond motifs is 1. The Morgan fingerprint density at radius 1 is 1.22 bits per heavy atom.